The molecule has 2 aliphatic rings. The molecule has 2 aromatic carbocycles. The molecule has 5 nitrogen and oxygen atoms in total. The number of nitrogens with one attached hydrogen (secondary N) is 1. The summed E-state index contributed by atoms with van der Waals surface area (Å²) in [6.45, 7) is 3.34. The molecule has 1 aliphatic carbocycles. The van der Waals surface area contributed by atoms with Crippen molar-refractivity contribution < 1.29 is 19.0 Å². The van der Waals surface area contributed by atoms with E-state index in [1.165, 1.54) is 18.7 Å². The van der Waals surface area contributed by atoms with Crippen LogP contribution >= 0.6 is 0 Å². The molecule has 1 aliphatic heterocycles. The Bertz CT molecular complexity index is 925. The lowest BCUT2D eigenvalue weighted by molar-refractivity contribution is 0.0546. The van der Waals surface area contributed by atoms with Crippen molar-refractivity contribution in [1.82, 2.24) is 10.2 Å². The third-order valence-electron chi connectivity index (χ3n) is 6.97. The van der Waals surface area contributed by atoms with Gasteiger partial charge in [-0.3, -0.25) is 4.79 Å². The van der Waals surface area contributed by atoms with Crippen molar-refractivity contribution in [3.05, 3.63) is 65.0 Å². The predicted molar refractivity (Wildman–Crippen MR) is 122 cm³/mol. The number of aliphatic hydroxyl groups excluding tert-OH is 1. The highest BCUT2D eigenvalue weighted by molar-refractivity contribution is 5.94. The maximum Gasteiger partial charge on any atom is 0.253 e. The molecular weight excluding hydrogens is 407 g/mol. The van der Waals surface area contributed by atoms with Crippen LogP contribution in [-0.4, -0.2) is 48.3 Å². The number of ether oxygens (including phenoxy) is 1. The van der Waals surface area contributed by atoms with Gasteiger partial charge in [-0.1, -0.05) is 18.2 Å². The molecule has 2 N–H and O–H groups in total. The highest BCUT2D eigenvalue weighted by Crippen LogP contribution is 2.36. The van der Waals surface area contributed by atoms with E-state index in [4.69, 9.17) is 4.74 Å². The molecule has 32 heavy (non-hydrogen) atoms. The number of methoxy groups -OCH3 is 1. The van der Waals surface area contributed by atoms with Gasteiger partial charge >= 0.3 is 0 Å². The predicted octanol–water partition coefficient (Wildman–Crippen LogP) is 4.42. The summed E-state index contributed by atoms with van der Waals surface area (Å²) in [5, 5.41) is 13.3. The van der Waals surface area contributed by atoms with Gasteiger partial charge in [0.2, 0.25) is 0 Å². The van der Waals surface area contributed by atoms with Crippen LogP contribution in [0.3, 0.4) is 0 Å². The Kier molecular flexibility index (Phi) is 7.11. The van der Waals surface area contributed by atoms with Crippen molar-refractivity contribution >= 4 is 5.91 Å². The van der Waals surface area contributed by atoms with Crippen molar-refractivity contribution in [3.63, 3.8) is 0 Å². The molecule has 0 spiro atoms. The number of carbonyl (C=O) groups excluding carboxylic acids is 1. The fourth-order valence-electron chi connectivity index (χ4n) is 4.98. The van der Waals surface area contributed by atoms with Crippen LogP contribution < -0.4 is 10.1 Å². The van der Waals surface area contributed by atoms with Gasteiger partial charge in [-0.25, -0.2) is 4.39 Å². The van der Waals surface area contributed by atoms with E-state index in [2.05, 4.69) is 24.4 Å². The van der Waals surface area contributed by atoms with Crippen LogP contribution in [0.15, 0.2) is 42.5 Å². The van der Waals surface area contributed by atoms with Crippen LogP contribution in [0.5, 0.6) is 5.75 Å². The minimum atomic E-state index is -0.343. The van der Waals surface area contributed by atoms with Gasteiger partial charge in [0.15, 0.2) is 11.6 Å². The van der Waals surface area contributed by atoms with Gasteiger partial charge in [0, 0.05) is 30.7 Å². The Hall–Kier alpha value is -2.44. The normalized spacial score (nSPS) is 22.7. The number of nitrogens with zero attached hydrogens (tertiary/aromatic N) is 1. The van der Waals surface area contributed by atoms with Gasteiger partial charge in [-0.05, 0) is 80.3 Å². The van der Waals surface area contributed by atoms with Gasteiger partial charge in [0.25, 0.3) is 5.91 Å². The quantitative estimate of drug-likeness (QED) is 0.698. The lowest BCUT2D eigenvalue weighted by Gasteiger charge is -2.29. The van der Waals surface area contributed by atoms with E-state index in [9.17, 15) is 14.3 Å². The Morgan fingerprint density at radius 1 is 1.12 bits per heavy atom. The molecule has 4 rings (SSSR count). The molecule has 6 heteroatoms. The average Bonchev–Trinajstić information content (AvgIpc) is 3.28. The molecule has 3 unspecified atom stereocenters. The fourth-order valence-corrected chi connectivity index (χ4v) is 4.98. The van der Waals surface area contributed by atoms with E-state index in [1.807, 2.05) is 17.0 Å². The smallest absolute Gasteiger partial charge is 0.253 e. The van der Waals surface area contributed by atoms with Gasteiger partial charge < -0.3 is 20.1 Å². The lowest BCUT2D eigenvalue weighted by Crippen LogP contribution is -2.40. The second-order valence-electron chi connectivity index (χ2n) is 9.13. The van der Waals surface area contributed by atoms with E-state index in [-0.39, 0.29) is 29.6 Å². The van der Waals surface area contributed by atoms with E-state index in [0.717, 1.165) is 30.4 Å². The van der Waals surface area contributed by atoms with E-state index in [0.29, 0.717) is 37.9 Å². The molecule has 0 aromatic heterocycles. The second-order valence-corrected chi connectivity index (χ2v) is 9.13. The standard InChI is InChI=1S/C26H33FN2O3/c1-17(20-8-10-24(27)25(16-20)32-2)28-22-9-7-21(15-22)18-3-5-19(6-4-18)26(31)29-13-11-23(30)12-14-29/h3-6,8,10,16-17,21-23,28,30H,7,9,11-15H2,1-2H3. The summed E-state index contributed by atoms with van der Waals surface area (Å²) in [7, 11) is 1.48. The van der Waals surface area contributed by atoms with Crippen LogP contribution in [0.25, 0.3) is 0 Å². The minimum Gasteiger partial charge on any atom is -0.494 e. The zero-order valence-electron chi connectivity index (χ0n) is 18.9. The number of amides is 1. The molecular formula is C26H33FN2O3. The molecule has 1 saturated carbocycles. The summed E-state index contributed by atoms with van der Waals surface area (Å²) in [5.41, 5.74) is 3.01. The molecule has 0 radical (unpaired) electrons. The summed E-state index contributed by atoms with van der Waals surface area (Å²) in [6, 6.07) is 13.6. The average molecular weight is 441 g/mol. The lowest BCUT2D eigenvalue weighted by atomic mass is 9.96. The van der Waals surface area contributed by atoms with Crippen LogP contribution in [0.4, 0.5) is 4.39 Å². The Morgan fingerprint density at radius 3 is 2.53 bits per heavy atom. The molecule has 1 heterocycles. The highest BCUT2D eigenvalue weighted by Gasteiger charge is 2.28. The Labute approximate surface area is 189 Å². The number of halogens is 1. The highest BCUT2D eigenvalue weighted by atomic mass is 19.1. The Morgan fingerprint density at radius 2 is 1.84 bits per heavy atom. The molecule has 2 aromatic rings. The number of rotatable bonds is 6. The zero-order valence-corrected chi connectivity index (χ0v) is 18.9. The summed E-state index contributed by atoms with van der Waals surface area (Å²) in [4.78, 5) is 14.6. The maximum atomic E-state index is 13.7. The third-order valence-corrected chi connectivity index (χ3v) is 6.97. The molecule has 1 amide bonds. The monoisotopic (exact) mass is 440 g/mol. The zero-order chi connectivity index (χ0) is 22.7. The van der Waals surface area contributed by atoms with Gasteiger partial charge in [-0.15, -0.1) is 0 Å². The minimum absolute atomic E-state index is 0.0537. The first-order valence-corrected chi connectivity index (χ1v) is 11.6. The summed E-state index contributed by atoms with van der Waals surface area (Å²) >= 11 is 0. The van der Waals surface area contributed by atoms with Crippen molar-refractivity contribution in [2.75, 3.05) is 20.2 Å². The van der Waals surface area contributed by atoms with E-state index >= 15 is 0 Å². The molecule has 2 fully saturated rings. The van der Waals surface area contributed by atoms with Crippen LogP contribution in [0, 0.1) is 5.82 Å². The topological polar surface area (TPSA) is 61.8 Å². The van der Waals surface area contributed by atoms with E-state index < -0.39 is 0 Å². The van der Waals surface area contributed by atoms with Gasteiger partial charge in [-0.2, -0.15) is 0 Å². The summed E-state index contributed by atoms with van der Waals surface area (Å²) in [5.74, 6) is 0.453. The molecule has 3 atom stereocenters. The first-order chi connectivity index (χ1) is 15.4. The fraction of sp³-hybridized carbons (Fsp3) is 0.500. The van der Waals surface area contributed by atoms with Gasteiger partial charge in [0.05, 0.1) is 13.2 Å². The molecule has 0 bridgehead atoms. The third kappa shape index (κ3) is 5.13. The van der Waals surface area contributed by atoms with Crippen LogP contribution in [0.2, 0.25) is 0 Å². The van der Waals surface area contributed by atoms with Gasteiger partial charge in [0.1, 0.15) is 0 Å². The largest absolute Gasteiger partial charge is 0.494 e. The number of aliphatic hydroxyl groups is 1. The Balaban J connectivity index is 1.32. The van der Waals surface area contributed by atoms with Crippen molar-refractivity contribution in [2.45, 2.75) is 63.1 Å². The summed E-state index contributed by atoms with van der Waals surface area (Å²) < 4.78 is 18.8. The molecule has 1 saturated heterocycles. The summed E-state index contributed by atoms with van der Waals surface area (Å²) in [6.07, 6.45) is 4.27. The van der Waals surface area contributed by atoms with Crippen LogP contribution in [0.1, 0.15) is 72.5 Å². The van der Waals surface area contributed by atoms with Crippen molar-refractivity contribution in [1.29, 1.82) is 0 Å². The maximum absolute atomic E-state index is 13.7. The first kappa shape index (κ1) is 22.7. The van der Waals surface area contributed by atoms with Crippen LogP contribution in [-0.2, 0) is 0 Å². The molecule has 172 valence electrons. The SMILES string of the molecule is COc1cc(C(C)NC2CCC(c3ccc(C(=O)N4CCC(O)CC4)cc3)C2)ccc1F. The number of piperidine rings is 1. The number of benzene rings is 2. The number of carbonyl (C=O) groups is 1. The van der Waals surface area contributed by atoms with E-state index in [1.54, 1.807) is 12.1 Å². The number of hydrogen-bond acceptors (Lipinski definition) is 4. The number of hydrogen-bond donors (Lipinski definition) is 2. The number of likely N-dealkylation sites (tertiary alicyclic amines) is 1. The first-order valence-electron chi connectivity index (χ1n) is 11.6. The van der Waals surface area contributed by atoms with Crippen molar-refractivity contribution in [2.24, 2.45) is 0 Å². The second kappa shape index (κ2) is 10.0. The van der Waals surface area contributed by atoms with Crippen molar-refractivity contribution in [3.8, 4) is 5.75 Å².